The van der Waals surface area contributed by atoms with E-state index in [9.17, 15) is 19.5 Å². The number of carbonyl (C=O) groups excluding carboxylic acids is 3. The summed E-state index contributed by atoms with van der Waals surface area (Å²) in [5, 5.41) is 12.8. The molecule has 0 saturated carbocycles. The molecule has 224 valence electrons. The Morgan fingerprint density at radius 3 is 2.24 bits per heavy atom. The summed E-state index contributed by atoms with van der Waals surface area (Å²) in [4.78, 5) is 39.5. The zero-order chi connectivity index (χ0) is 30.2. The lowest BCUT2D eigenvalue weighted by Gasteiger charge is -2.21. The molecular formula is C31H42N2O8. The molecule has 2 aromatic carbocycles. The molecule has 2 N–H and O–H groups in total. The maximum atomic E-state index is 12.8. The highest BCUT2D eigenvalue weighted by molar-refractivity contribution is 6.06. The Morgan fingerprint density at radius 1 is 0.951 bits per heavy atom. The minimum Gasteiger partial charge on any atom is -0.502 e. The number of unbranched alkanes of at least 4 members (excludes halogenated alkanes) is 5. The van der Waals surface area contributed by atoms with Gasteiger partial charge in [-0.1, -0.05) is 39.0 Å². The zero-order valence-corrected chi connectivity index (χ0v) is 24.7. The van der Waals surface area contributed by atoms with Crippen LogP contribution in [0.15, 0.2) is 36.4 Å². The minimum absolute atomic E-state index is 0.107. The van der Waals surface area contributed by atoms with Crippen LogP contribution in [0.1, 0.15) is 68.3 Å². The van der Waals surface area contributed by atoms with Crippen molar-refractivity contribution in [1.29, 1.82) is 0 Å². The summed E-state index contributed by atoms with van der Waals surface area (Å²) in [7, 11) is 4.39. The third-order valence-corrected chi connectivity index (χ3v) is 6.29. The Hall–Kier alpha value is -4.05. The van der Waals surface area contributed by atoms with Crippen LogP contribution in [0.2, 0.25) is 0 Å². The molecule has 10 heteroatoms. The van der Waals surface area contributed by atoms with Crippen LogP contribution in [0, 0.1) is 0 Å². The van der Waals surface area contributed by atoms with Crippen LogP contribution in [0.4, 0.5) is 11.4 Å². The van der Waals surface area contributed by atoms with Crippen LogP contribution in [-0.2, 0) is 19.1 Å². The van der Waals surface area contributed by atoms with E-state index in [0.717, 1.165) is 19.3 Å². The summed E-state index contributed by atoms with van der Waals surface area (Å²) >= 11 is 0. The van der Waals surface area contributed by atoms with E-state index < -0.39 is 11.9 Å². The molecule has 41 heavy (non-hydrogen) atoms. The third kappa shape index (κ3) is 10.5. The largest absolute Gasteiger partial charge is 0.502 e. The van der Waals surface area contributed by atoms with Crippen LogP contribution < -0.4 is 19.7 Å². The van der Waals surface area contributed by atoms with Crippen molar-refractivity contribution in [3.8, 4) is 17.2 Å². The molecule has 0 aromatic heterocycles. The highest BCUT2D eigenvalue weighted by Crippen LogP contribution is 2.37. The first-order valence-corrected chi connectivity index (χ1v) is 13.8. The summed E-state index contributed by atoms with van der Waals surface area (Å²) in [5.74, 6) is -1.13. The number of benzene rings is 2. The van der Waals surface area contributed by atoms with Crippen LogP contribution >= 0.6 is 0 Å². The van der Waals surface area contributed by atoms with Gasteiger partial charge in [-0.05, 0) is 55.3 Å². The number of carbonyl (C=O) groups is 3. The second-order valence-corrected chi connectivity index (χ2v) is 9.32. The number of nitrogens with one attached hydrogen (secondary N) is 1. The predicted octanol–water partition coefficient (Wildman–Crippen LogP) is 5.58. The van der Waals surface area contributed by atoms with Gasteiger partial charge in [-0.25, -0.2) is 4.79 Å². The number of ether oxygens (including phenoxy) is 4. The lowest BCUT2D eigenvalue weighted by molar-refractivity contribution is -0.122. The molecule has 0 saturated heterocycles. The number of aromatic hydroxyl groups is 1. The number of methoxy groups -OCH3 is 2. The first kappa shape index (κ1) is 33.2. The van der Waals surface area contributed by atoms with Gasteiger partial charge in [0, 0.05) is 25.4 Å². The zero-order valence-electron chi connectivity index (χ0n) is 24.7. The van der Waals surface area contributed by atoms with Crippen molar-refractivity contribution in [2.75, 3.05) is 51.3 Å². The first-order chi connectivity index (χ1) is 19.7. The van der Waals surface area contributed by atoms with Crippen LogP contribution in [0.5, 0.6) is 17.2 Å². The third-order valence-electron chi connectivity index (χ3n) is 6.29. The second kappa shape index (κ2) is 17.6. The topological polar surface area (TPSA) is 124 Å². The normalized spacial score (nSPS) is 10.9. The summed E-state index contributed by atoms with van der Waals surface area (Å²) in [6, 6.07) is 7.75. The molecule has 10 nitrogen and oxygen atoms in total. The fourth-order valence-electron chi connectivity index (χ4n) is 4.02. The molecule has 0 spiro atoms. The van der Waals surface area contributed by atoms with E-state index in [2.05, 4.69) is 12.2 Å². The van der Waals surface area contributed by atoms with Gasteiger partial charge in [-0.2, -0.15) is 0 Å². The highest BCUT2D eigenvalue weighted by Gasteiger charge is 2.21. The van der Waals surface area contributed by atoms with Crippen molar-refractivity contribution in [1.82, 2.24) is 0 Å². The molecule has 0 aliphatic heterocycles. The van der Waals surface area contributed by atoms with Crippen LogP contribution in [0.25, 0.3) is 6.08 Å². The van der Waals surface area contributed by atoms with Crippen molar-refractivity contribution < 1.29 is 38.4 Å². The van der Waals surface area contributed by atoms with Crippen LogP contribution in [-0.4, -0.2) is 64.0 Å². The smallest absolute Gasteiger partial charge is 0.340 e. The Balaban J connectivity index is 2.09. The molecule has 0 atom stereocenters. The summed E-state index contributed by atoms with van der Waals surface area (Å²) < 4.78 is 21.0. The molecule has 2 amide bonds. The van der Waals surface area contributed by atoms with Gasteiger partial charge < -0.3 is 34.3 Å². The number of anilines is 2. The quantitative estimate of drug-likeness (QED) is 0.144. The van der Waals surface area contributed by atoms with E-state index in [-0.39, 0.29) is 41.9 Å². The molecule has 0 unspecified atom stereocenters. The van der Waals surface area contributed by atoms with Crippen molar-refractivity contribution in [3.63, 3.8) is 0 Å². The molecule has 0 fully saturated rings. The fraction of sp³-hybridized carbons (Fsp3) is 0.452. The summed E-state index contributed by atoms with van der Waals surface area (Å²) in [6.07, 6.45) is 9.58. The SMILES string of the molecule is CCCCCCCCOCC(=O)N(C)c1ccc(NC(=O)/C=C/c2cc(OC)c(O)c(OC)c2)cc1C(=O)OCC. The van der Waals surface area contributed by atoms with Gasteiger partial charge in [0.05, 0.1) is 32.1 Å². The van der Waals surface area contributed by atoms with Crippen LogP contribution in [0.3, 0.4) is 0 Å². The predicted molar refractivity (Wildman–Crippen MR) is 159 cm³/mol. The number of hydrogen-bond acceptors (Lipinski definition) is 8. The number of phenolic OH excluding ortho intramolecular Hbond substituents is 1. The van der Waals surface area contributed by atoms with Crippen molar-refractivity contribution in [2.45, 2.75) is 52.4 Å². The minimum atomic E-state index is -0.620. The number of nitrogens with zero attached hydrogens (tertiary/aromatic N) is 1. The molecule has 2 aromatic rings. The van der Waals surface area contributed by atoms with Gasteiger partial charge in [-0.15, -0.1) is 0 Å². The molecule has 0 heterocycles. The van der Waals surface area contributed by atoms with E-state index in [1.807, 2.05) is 0 Å². The van der Waals surface area contributed by atoms with E-state index >= 15 is 0 Å². The van der Waals surface area contributed by atoms with Gasteiger partial charge in [0.1, 0.15) is 6.61 Å². The average molecular weight is 571 g/mol. The monoisotopic (exact) mass is 570 g/mol. The lowest BCUT2D eigenvalue weighted by Crippen LogP contribution is -2.31. The van der Waals surface area contributed by atoms with Gasteiger partial charge >= 0.3 is 5.97 Å². The molecule has 0 radical (unpaired) electrons. The summed E-state index contributed by atoms with van der Waals surface area (Å²) in [6.45, 7) is 4.40. The standard InChI is InChI=1S/C31H42N2O8/c1-6-8-9-10-11-12-17-40-21-29(35)33(3)25-15-14-23(20-24(25)31(37)41-7-2)32-28(34)16-13-22-18-26(38-4)30(36)27(19-22)39-5/h13-16,18-20,36H,6-12,17,21H2,1-5H3,(H,32,34)/b16-13+. The number of hydrogen-bond donors (Lipinski definition) is 2. The number of esters is 1. The van der Waals surface area contributed by atoms with Gasteiger partial charge in [0.25, 0.3) is 5.91 Å². The van der Waals surface area contributed by atoms with E-state index in [1.165, 1.54) is 56.6 Å². The van der Waals surface area contributed by atoms with E-state index in [0.29, 0.717) is 23.5 Å². The Kier molecular flexibility index (Phi) is 14.2. The van der Waals surface area contributed by atoms with Gasteiger partial charge in [-0.3, -0.25) is 9.59 Å². The average Bonchev–Trinajstić information content (AvgIpc) is 2.97. The maximum Gasteiger partial charge on any atom is 0.340 e. The Bertz CT molecular complexity index is 1170. The van der Waals surface area contributed by atoms with Crippen molar-refractivity contribution in [3.05, 3.63) is 47.5 Å². The van der Waals surface area contributed by atoms with E-state index in [4.69, 9.17) is 18.9 Å². The number of amides is 2. The molecular weight excluding hydrogens is 528 g/mol. The fourth-order valence-corrected chi connectivity index (χ4v) is 4.02. The molecule has 0 aliphatic carbocycles. The first-order valence-electron chi connectivity index (χ1n) is 13.8. The molecule has 2 rings (SSSR count). The van der Waals surface area contributed by atoms with Crippen molar-refractivity contribution >= 4 is 35.2 Å². The second-order valence-electron chi connectivity index (χ2n) is 9.32. The number of phenols is 1. The Morgan fingerprint density at radius 2 is 1.61 bits per heavy atom. The summed E-state index contributed by atoms with van der Waals surface area (Å²) in [5.41, 5.74) is 1.38. The van der Waals surface area contributed by atoms with Gasteiger partial charge in [0.2, 0.25) is 11.7 Å². The van der Waals surface area contributed by atoms with Gasteiger partial charge in [0.15, 0.2) is 11.5 Å². The van der Waals surface area contributed by atoms with Crippen molar-refractivity contribution in [2.24, 2.45) is 0 Å². The highest BCUT2D eigenvalue weighted by atomic mass is 16.5. The van der Waals surface area contributed by atoms with E-state index in [1.54, 1.807) is 38.2 Å². The molecule has 0 aliphatic rings. The number of likely N-dealkylation sites (N-methyl/N-ethyl adjacent to an activating group) is 1. The lowest BCUT2D eigenvalue weighted by atomic mass is 10.1. The Labute approximate surface area is 242 Å². The maximum absolute atomic E-state index is 12.8. The number of rotatable bonds is 17. The molecule has 0 bridgehead atoms.